The van der Waals surface area contributed by atoms with E-state index in [1.54, 1.807) is 30.3 Å². The lowest BCUT2D eigenvalue weighted by molar-refractivity contribution is -0.179. The van der Waals surface area contributed by atoms with E-state index >= 15 is 0 Å². The molecular weight excluding hydrogens is 656 g/mol. The standard InChI is InChI=1S/C43H38N2O7/c46-24-25-51-34-19-11-10-18-31(34)39-43(32-26-28(22-23-33(32)44-42(43)50)21-20-27-12-4-1-5-13-27)35(40(47)48)37-41(49)52-38(30-16-8-3-9-17-30)36(45(37)39)29-14-6-2-7-15-29/h2-3,6-12,14-19,22-23,26,35-39,46H,1,4-5,13,24-25H2,(H,44,50)(H,47,48)/t35-,36-,37-,38+,39+,43-/m0/s1. The van der Waals surface area contributed by atoms with Gasteiger partial charge in [0.2, 0.25) is 5.91 Å². The number of ether oxygens (including phenoxy) is 2. The minimum atomic E-state index is -1.83. The lowest BCUT2D eigenvalue weighted by Gasteiger charge is -2.46. The number of carbonyl (C=O) groups is 3. The number of carbonyl (C=O) groups excluding carboxylic acids is 2. The summed E-state index contributed by atoms with van der Waals surface area (Å²) in [6.07, 6.45) is 5.41. The first-order chi connectivity index (χ1) is 25.4. The Bertz CT molecular complexity index is 2120. The second-order valence-electron chi connectivity index (χ2n) is 13.7. The average molecular weight is 695 g/mol. The summed E-state index contributed by atoms with van der Waals surface area (Å²) in [5.74, 6) is 2.80. The maximum absolute atomic E-state index is 15.0. The molecule has 0 aromatic heterocycles. The van der Waals surface area contributed by atoms with E-state index in [4.69, 9.17) is 9.47 Å². The molecule has 1 aliphatic carbocycles. The molecule has 0 saturated carbocycles. The van der Waals surface area contributed by atoms with Gasteiger partial charge in [0.05, 0.1) is 18.7 Å². The molecule has 9 heteroatoms. The van der Waals surface area contributed by atoms with Crippen LogP contribution in [0.3, 0.4) is 0 Å². The first-order valence-electron chi connectivity index (χ1n) is 17.7. The van der Waals surface area contributed by atoms with Crippen LogP contribution in [0.2, 0.25) is 0 Å². The molecule has 3 aliphatic heterocycles. The molecule has 1 spiro atoms. The van der Waals surface area contributed by atoms with Crippen LogP contribution in [0.1, 0.15) is 71.7 Å². The normalized spacial score (nSPS) is 26.3. The SMILES string of the molecule is O=C1O[C@H](c2ccccc2)[C@H](c2ccccc2)N2[C@H]1[C@@H](C(=O)O)[C@]1(C(=O)Nc3ccc(C#CC4=CCCCC4)cc31)[C@H]2c1ccccc1OCCO. The number of hydrogen-bond acceptors (Lipinski definition) is 7. The number of benzene rings is 4. The highest BCUT2D eigenvalue weighted by Gasteiger charge is 2.74. The van der Waals surface area contributed by atoms with Crippen LogP contribution in [0.5, 0.6) is 5.75 Å². The topological polar surface area (TPSA) is 125 Å². The van der Waals surface area contributed by atoms with Crippen LogP contribution in [0.25, 0.3) is 0 Å². The molecule has 0 radical (unpaired) electrons. The number of rotatable bonds is 7. The molecule has 2 saturated heterocycles. The van der Waals surface area contributed by atoms with Gasteiger partial charge in [-0.3, -0.25) is 19.3 Å². The number of nitrogens with zero attached hydrogens (tertiary/aromatic N) is 1. The zero-order chi connectivity index (χ0) is 35.8. The maximum Gasteiger partial charge on any atom is 0.325 e. The average Bonchev–Trinajstić information content (AvgIpc) is 3.66. The number of anilines is 1. The summed E-state index contributed by atoms with van der Waals surface area (Å²) in [4.78, 5) is 45.2. The molecular formula is C43H38N2O7. The maximum atomic E-state index is 15.0. The number of morpholine rings is 1. The first-order valence-corrected chi connectivity index (χ1v) is 17.7. The van der Waals surface area contributed by atoms with Crippen LogP contribution in [0.15, 0.2) is 115 Å². The number of carboxylic acid groups (broad SMARTS) is 1. The molecule has 3 N–H and O–H groups in total. The van der Waals surface area contributed by atoms with Crippen molar-refractivity contribution in [3.05, 3.63) is 143 Å². The van der Waals surface area contributed by atoms with Gasteiger partial charge in [-0.25, -0.2) is 0 Å². The fourth-order valence-electron chi connectivity index (χ4n) is 8.72. The van der Waals surface area contributed by atoms with Crippen molar-refractivity contribution >= 4 is 23.5 Å². The number of aliphatic hydroxyl groups is 1. The highest BCUT2D eigenvalue weighted by Crippen LogP contribution is 2.65. The Labute approximate surface area is 301 Å². The first kappa shape index (κ1) is 33.5. The van der Waals surface area contributed by atoms with Gasteiger partial charge in [0.1, 0.15) is 35.8 Å². The highest BCUT2D eigenvalue weighted by atomic mass is 16.6. The number of cyclic esters (lactones) is 1. The van der Waals surface area contributed by atoms with Gasteiger partial charge >= 0.3 is 11.9 Å². The number of fused-ring (bicyclic) bond motifs is 3. The van der Waals surface area contributed by atoms with Gasteiger partial charge in [-0.15, -0.1) is 0 Å². The number of nitrogens with one attached hydrogen (secondary N) is 1. The summed E-state index contributed by atoms with van der Waals surface area (Å²) >= 11 is 0. The molecule has 262 valence electrons. The van der Waals surface area contributed by atoms with Gasteiger partial charge in [0, 0.05) is 16.8 Å². The third-order valence-corrected chi connectivity index (χ3v) is 10.8. The smallest absolute Gasteiger partial charge is 0.325 e. The van der Waals surface area contributed by atoms with Crippen LogP contribution in [-0.4, -0.2) is 52.2 Å². The third kappa shape index (κ3) is 5.47. The fourth-order valence-corrected chi connectivity index (χ4v) is 8.72. The van der Waals surface area contributed by atoms with E-state index in [0.29, 0.717) is 28.1 Å². The molecule has 3 heterocycles. The molecule has 8 rings (SSSR count). The number of allylic oxidation sites excluding steroid dienone is 2. The van der Waals surface area contributed by atoms with Gasteiger partial charge in [0.25, 0.3) is 0 Å². The minimum absolute atomic E-state index is 0.0301. The molecule has 0 bridgehead atoms. The third-order valence-electron chi connectivity index (χ3n) is 10.8. The van der Waals surface area contributed by atoms with Crippen molar-refractivity contribution in [2.24, 2.45) is 5.92 Å². The predicted octanol–water partition coefficient (Wildman–Crippen LogP) is 6.27. The van der Waals surface area contributed by atoms with Crippen molar-refractivity contribution in [1.29, 1.82) is 0 Å². The molecule has 4 aromatic rings. The zero-order valence-corrected chi connectivity index (χ0v) is 28.4. The zero-order valence-electron chi connectivity index (χ0n) is 28.4. The number of hydrogen-bond donors (Lipinski definition) is 3. The van der Waals surface area contributed by atoms with Crippen LogP contribution in [-0.2, 0) is 24.5 Å². The van der Waals surface area contributed by atoms with Crippen molar-refractivity contribution in [3.63, 3.8) is 0 Å². The van der Waals surface area contributed by atoms with E-state index in [1.165, 1.54) is 0 Å². The Morgan fingerprint density at radius 2 is 1.63 bits per heavy atom. The van der Waals surface area contributed by atoms with Crippen LogP contribution in [0, 0.1) is 17.8 Å². The summed E-state index contributed by atoms with van der Waals surface area (Å²) in [7, 11) is 0. The van der Waals surface area contributed by atoms with Gasteiger partial charge in [0.15, 0.2) is 0 Å². The monoisotopic (exact) mass is 694 g/mol. The Kier molecular flexibility index (Phi) is 8.87. The number of esters is 1. The molecule has 2 fully saturated rings. The van der Waals surface area contributed by atoms with Gasteiger partial charge in [-0.1, -0.05) is 96.8 Å². The van der Waals surface area contributed by atoms with E-state index in [1.807, 2.05) is 77.7 Å². The van der Waals surface area contributed by atoms with Gasteiger partial charge < -0.3 is 25.0 Å². The van der Waals surface area contributed by atoms with Crippen molar-refractivity contribution in [3.8, 4) is 17.6 Å². The van der Waals surface area contributed by atoms with Crippen LogP contribution in [0.4, 0.5) is 5.69 Å². The summed E-state index contributed by atoms with van der Waals surface area (Å²) in [6, 6.07) is 28.3. The number of para-hydroxylation sites is 1. The van der Waals surface area contributed by atoms with Crippen molar-refractivity contribution in [2.45, 2.75) is 55.3 Å². The largest absolute Gasteiger partial charge is 0.491 e. The Hall–Kier alpha value is -5.69. The molecule has 1 amide bonds. The molecule has 52 heavy (non-hydrogen) atoms. The number of aliphatic carboxylic acids is 1. The van der Waals surface area contributed by atoms with E-state index in [-0.39, 0.29) is 13.2 Å². The van der Waals surface area contributed by atoms with E-state index in [2.05, 4.69) is 23.2 Å². The Morgan fingerprint density at radius 3 is 2.35 bits per heavy atom. The van der Waals surface area contributed by atoms with E-state index < -0.39 is 53.4 Å². The van der Waals surface area contributed by atoms with Crippen LogP contribution < -0.4 is 10.1 Å². The quantitative estimate of drug-likeness (QED) is 0.153. The second kappa shape index (κ2) is 13.8. The number of aliphatic hydroxyl groups excluding tert-OH is 1. The van der Waals surface area contributed by atoms with Crippen molar-refractivity contribution < 1.29 is 34.1 Å². The molecule has 0 unspecified atom stereocenters. The Morgan fingerprint density at radius 1 is 0.904 bits per heavy atom. The van der Waals surface area contributed by atoms with Gasteiger partial charge in [-0.2, -0.15) is 0 Å². The highest BCUT2D eigenvalue weighted by molar-refractivity contribution is 6.11. The Balaban J connectivity index is 1.41. The summed E-state index contributed by atoms with van der Waals surface area (Å²) in [6.45, 7) is -0.289. The molecule has 4 aliphatic rings. The lowest BCUT2D eigenvalue weighted by Crippen LogP contribution is -2.52. The fraction of sp³-hybridized carbons (Fsp3) is 0.279. The molecule has 4 aromatic carbocycles. The van der Waals surface area contributed by atoms with Crippen molar-refractivity contribution in [1.82, 2.24) is 4.90 Å². The lowest BCUT2D eigenvalue weighted by atomic mass is 9.65. The summed E-state index contributed by atoms with van der Waals surface area (Å²) < 4.78 is 12.4. The molecule has 6 atom stereocenters. The predicted molar refractivity (Wildman–Crippen MR) is 193 cm³/mol. The van der Waals surface area contributed by atoms with E-state index in [0.717, 1.165) is 42.4 Å². The van der Waals surface area contributed by atoms with Gasteiger partial charge in [-0.05, 0) is 72.2 Å². The van der Waals surface area contributed by atoms with E-state index in [9.17, 15) is 24.6 Å². The molecule has 9 nitrogen and oxygen atoms in total. The minimum Gasteiger partial charge on any atom is -0.491 e. The second-order valence-corrected chi connectivity index (χ2v) is 13.7. The van der Waals surface area contributed by atoms with Crippen molar-refractivity contribution in [2.75, 3.05) is 18.5 Å². The van der Waals surface area contributed by atoms with Crippen LogP contribution >= 0.6 is 0 Å². The summed E-state index contributed by atoms with van der Waals surface area (Å²) in [5.41, 5.74) is 2.79. The summed E-state index contributed by atoms with van der Waals surface area (Å²) in [5, 5.41) is 24.1. The number of amides is 1. The number of carboxylic acids is 1.